The van der Waals surface area contributed by atoms with Crippen LogP contribution in [0.3, 0.4) is 0 Å². The summed E-state index contributed by atoms with van der Waals surface area (Å²) in [5.41, 5.74) is 5.74. The van der Waals surface area contributed by atoms with Gasteiger partial charge in [-0.25, -0.2) is 0 Å². The van der Waals surface area contributed by atoms with Gasteiger partial charge >= 0.3 is 5.97 Å². The number of likely N-dealkylation sites (tertiary alicyclic amines) is 1. The molecular formula is C46H49ClN10O5S. The zero-order chi connectivity index (χ0) is 43.8. The number of ether oxygens (including phenoxy) is 2. The Morgan fingerprint density at radius 3 is 2.37 bits per heavy atom. The Balaban J connectivity index is 0.715. The van der Waals surface area contributed by atoms with Gasteiger partial charge in [0.25, 0.3) is 5.91 Å². The lowest BCUT2D eigenvalue weighted by Crippen LogP contribution is -2.55. The van der Waals surface area contributed by atoms with Crippen LogP contribution in [0.4, 0.5) is 5.69 Å². The zero-order valence-corrected chi connectivity index (χ0v) is 37.0. The number of aliphatic imine (C=N–C) groups is 1. The number of thiophene rings is 1. The SMILES string of the molecule is Cc1sc2c(c1C)C(c1ccc(N3CCC(CN4CC(Oc5ccc(C(=O)NC6CCC(Oc7ccc(C#N)c(Cl)c7)CC6)nn5)C4)CC3)cc1)=N[C@@H](CC(=O)O)c1nnc(C)n1-2. The molecule has 1 atom stereocenters. The number of rotatable bonds is 12. The number of aryl methyl sites for hydroxylation is 2. The second-order valence-corrected chi connectivity index (χ2v) is 18.6. The Morgan fingerprint density at radius 1 is 0.921 bits per heavy atom. The van der Waals surface area contributed by atoms with Crippen molar-refractivity contribution in [2.24, 2.45) is 10.9 Å². The van der Waals surface area contributed by atoms with Crippen LogP contribution in [0.25, 0.3) is 5.00 Å². The van der Waals surface area contributed by atoms with E-state index >= 15 is 0 Å². The third-order valence-electron chi connectivity index (χ3n) is 12.7. The molecule has 0 unspecified atom stereocenters. The molecule has 1 saturated carbocycles. The van der Waals surface area contributed by atoms with Crippen LogP contribution < -0.4 is 19.7 Å². The van der Waals surface area contributed by atoms with E-state index in [-0.39, 0.29) is 36.3 Å². The first-order chi connectivity index (χ1) is 30.5. The quantitative estimate of drug-likeness (QED) is 0.131. The maximum atomic E-state index is 13.0. The van der Waals surface area contributed by atoms with Crippen LogP contribution in [0.1, 0.15) is 100 Å². The molecule has 6 heterocycles. The van der Waals surface area contributed by atoms with E-state index in [2.05, 4.69) is 79.7 Å². The lowest BCUT2D eigenvalue weighted by atomic mass is 9.93. The van der Waals surface area contributed by atoms with E-state index in [0.717, 1.165) is 98.7 Å². The summed E-state index contributed by atoms with van der Waals surface area (Å²) in [6, 6.07) is 18.4. The molecule has 326 valence electrons. The van der Waals surface area contributed by atoms with Crippen LogP contribution in [0.5, 0.6) is 11.6 Å². The summed E-state index contributed by atoms with van der Waals surface area (Å²) in [5, 5.41) is 40.4. The van der Waals surface area contributed by atoms with Gasteiger partial charge in [0.05, 0.1) is 28.8 Å². The van der Waals surface area contributed by atoms with E-state index in [4.69, 9.17) is 31.3 Å². The van der Waals surface area contributed by atoms with Gasteiger partial charge in [0.2, 0.25) is 5.88 Å². The molecule has 2 aromatic carbocycles. The fraction of sp³-hybridized carbons (Fsp3) is 0.435. The van der Waals surface area contributed by atoms with Gasteiger partial charge in [0.1, 0.15) is 34.8 Å². The first-order valence-corrected chi connectivity index (χ1v) is 22.8. The molecule has 2 N–H and O–H groups in total. The molecule has 15 nitrogen and oxygen atoms in total. The number of piperidine rings is 1. The fourth-order valence-corrected chi connectivity index (χ4v) is 10.5. The van der Waals surface area contributed by atoms with Gasteiger partial charge in [-0.3, -0.25) is 24.0 Å². The van der Waals surface area contributed by atoms with Crippen LogP contribution in [0.2, 0.25) is 5.02 Å². The van der Waals surface area contributed by atoms with E-state index in [1.165, 1.54) is 10.6 Å². The standard InChI is InChI=1S/C46H49ClN10O5S/c1-26-27(2)63-46-42(26)43(50-39(21-41(58)59)44-54-51-28(3)57(44)46)30-4-9-33(10-5-30)56-18-16-29(17-19-56)23-55-24-36(25-55)62-40-15-14-38(52-53-40)45(60)49-32-7-12-34(13-8-32)61-35-11-6-31(22-48)37(47)20-35/h4-6,9-11,14-15,20,29,32,34,36,39H,7-8,12-13,16-19,21,23-25H2,1-3H3,(H,49,60)(H,58,59)/t32?,34?,39-/m0/s1. The number of fused-ring (bicyclic) bond motifs is 3. The Morgan fingerprint density at radius 2 is 1.68 bits per heavy atom. The molecule has 1 amide bonds. The van der Waals surface area contributed by atoms with Gasteiger partial charge in [-0.15, -0.1) is 31.7 Å². The average Bonchev–Trinajstić information content (AvgIpc) is 3.75. The topological polar surface area (TPSA) is 184 Å². The average molecular weight is 889 g/mol. The smallest absolute Gasteiger partial charge is 0.306 e. The van der Waals surface area contributed by atoms with Crippen molar-refractivity contribution in [3.05, 3.63) is 104 Å². The number of halogens is 1. The third-order valence-corrected chi connectivity index (χ3v) is 14.2. The summed E-state index contributed by atoms with van der Waals surface area (Å²) in [4.78, 5) is 36.0. The normalized spacial score (nSPS) is 20.4. The van der Waals surface area contributed by atoms with Crippen LogP contribution in [0, 0.1) is 38.0 Å². The number of benzene rings is 2. The summed E-state index contributed by atoms with van der Waals surface area (Å²) in [6.45, 7) is 10.7. The molecule has 5 aromatic rings. The summed E-state index contributed by atoms with van der Waals surface area (Å²) in [7, 11) is 0. The number of hydrogen-bond donors (Lipinski definition) is 2. The van der Waals surface area contributed by atoms with Gasteiger partial charge in [0, 0.05) is 72.6 Å². The Labute approximate surface area is 374 Å². The van der Waals surface area contributed by atoms with Crippen molar-refractivity contribution in [2.75, 3.05) is 37.6 Å². The number of carboxylic acids is 1. The molecule has 4 aliphatic rings. The highest BCUT2D eigenvalue weighted by Crippen LogP contribution is 2.40. The molecule has 17 heteroatoms. The van der Waals surface area contributed by atoms with E-state index in [1.807, 2.05) is 11.5 Å². The predicted molar refractivity (Wildman–Crippen MR) is 239 cm³/mol. The van der Waals surface area contributed by atoms with Crippen molar-refractivity contribution in [3.63, 3.8) is 0 Å². The molecule has 2 saturated heterocycles. The molecule has 63 heavy (non-hydrogen) atoms. The van der Waals surface area contributed by atoms with E-state index < -0.39 is 12.0 Å². The summed E-state index contributed by atoms with van der Waals surface area (Å²) in [5.74, 6) is 1.75. The molecule has 3 aromatic heterocycles. The minimum absolute atomic E-state index is 0.0182. The zero-order valence-electron chi connectivity index (χ0n) is 35.5. The van der Waals surface area contributed by atoms with E-state index in [1.54, 1.807) is 41.7 Å². The maximum Gasteiger partial charge on any atom is 0.306 e. The van der Waals surface area contributed by atoms with Crippen LogP contribution in [0.15, 0.2) is 59.6 Å². The number of nitriles is 1. The van der Waals surface area contributed by atoms with Crippen molar-refractivity contribution in [3.8, 4) is 22.7 Å². The van der Waals surface area contributed by atoms with Crippen LogP contribution in [-0.2, 0) is 4.79 Å². The number of nitrogens with one attached hydrogen (secondary N) is 1. The number of carbonyl (C=O) groups excluding carboxylic acids is 1. The number of aromatic nitrogens is 5. The van der Waals surface area contributed by atoms with Crippen molar-refractivity contribution in [2.45, 2.75) is 90.0 Å². The van der Waals surface area contributed by atoms with Gasteiger partial charge in [-0.1, -0.05) is 23.7 Å². The predicted octanol–water partition coefficient (Wildman–Crippen LogP) is 7.04. The molecule has 0 radical (unpaired) electrons. The molecule has 3 aliphatic heterocycles. The van der Waals surface area contributed by atoms with Crippen molar-refractivity contribution in [1.82, 2.24) is 35.2 Å². The highest BCUT2D eigenvalue weighted by molar-refractivity contribution is 7.15. The minimum atomic E-state index is -0.928. The minimum Gasteiger partial charge on any atom is -0.490 e. The largest absolute Gasteiger partial charge is 0.490 e. The van der Waals surface area contributed by atoms with E-state index in [0.29, 0.717) is 39.8 Å². The van der Waals surface area contributed by atoms with Crippen LogP contribution in [-0.4, -0.2) is 104 Å². The molecule has 0 spiro atoms. The number of amides is 1. The highest BCUT2D eigenvalue weighted by atomic mass is 35.5. The Bertz CT molecular complexity index is 2570. The summed E-state index contributed by atoms with van der Waals surface area (Å²) < 4.78 is 14.2. The number of carboxylic acid groups (broad SMARTS) is 1. The van der Waals surface area contributed by atoms with Crippen LogP contribution >= 0.6 is 22.9 Å². The van der Waals surface area contributed by atoms with Gasteiger partial charge < -0.3 is 24.8 Å². The molecule has 0 bridgehead atoms. The number of carbonyl (C=O) groups is 2. The molecular weight excluding hydrogens is 840 g/mol. The van der Waals surface area contributed by atoms with E-state index in [9.17, 15) is 14.7 Å². The third kappa shape index (κ3) is 9.13. The van der Waals surface area contributed by atoms with Crippen molar-refractivity contribution < 1.29 is 24.2 Å². The van der Waals surface area contributed by atoms with Gasteiger partial charge in [-0.2, -0.15) is 5.26 Å². The molecule has 1 aliphatic carbocycles. The first-order valence-electron chi connectivity index (χ1n) is 21.6. The second-order valence-electron chi connectivity index (χ2n) is 17.0. The number of aliphatic carboxylic acids is 1. The number of nitrogens with zero attached hydrogens (tertiary/aromatic N) is 9. The monoisotopic (exact) mass is 888 g/mol. The highest BCUT2D eigenvalue weighted by Gasteiger charge is 2.34. The summed E-state index contributed by atoms with van der Waals surface area (Å²) >= 11 is 7.81. The van der Waals surface area contributed by atoms with Gasteiger partial charge in [0.15, 0.2) is 11.5 Å². The van der Waals surface area contributed by atoms with Gasteiger partial charge in [-0.05, 0) is 101 Å². The number of anilines is 1. The van der Waals surface area contributed by atoms with Crippen molar-refractivity contribution in [1.29, 1.82) is 5.26 Å². The fourth-order valence-electron chi connectivity index (χ4n) is 9.12. The lowest BCUT2D eigenvalue weighted by molar-refractivity contribution is -0.137. The molecule has 9 rings (SSSR count). The van der Waals surface area contributed by atoms with Crippen molar-refractivity contribution >= 4 is 46.2 Å². The summed E-state index contributed by atoms with van der Waals surface area (Å²) in [6.07, 6.45) is 5.22. The Kier molecular flexibility index (Phi) is 12.2. The maximum absolute atomic E-state index is 13.0. The molecule has 3 fully saturated rings. The first kappa shape index (κ1) is 42.4. The number of hydrogen-bond acceptors (Lipinski definition) is 13. The Hall–Kier alpha value is -5.89. The second kappa shape index (κ2) is 18.1. The lowest BCUT2D eigenvalue weighted by Gasteiger charge is -2.42.